The summed E-state index contributed by atoms with van der Waals surface area (Å²) in [5, 5.41) is 14.3. The van der Waals surface area contributed by atoms with E-state index in [1.165, 1.54) is 87.2 Å². The lowest BCUT2D eigenvalue weighted by molar-refractivity contribution is 1.16. The third-order valence-electron chi connectivity index (χ3n) is 27.4. The third kappa shape index (κ3) is 11.9. The first-order valence-corrected chi connectivity index (χ1v) is 45.2. The number of rotatable bonds is 14. The zero-order valence-electron chi connectivity index (χ0n) is 71.6. The minimum atomic E-state index is 0.628. The Morgan fingerprint density at radius 2 is 0.326 bits per heavy atom. The first-order valence-electron chi connectivity index (χ1n) is 45.2. The fraction of sp³-hybridized carbons (Fsp3) is 0. The molecule has 7 heterocycles. The highest BCUT2D eigenvalue weighted by Crippen LogP contribution is 2.47. The molecule has 0 unspecified atom stereocenters. The molecule has 27 aromatic rings. The molecule has 8 heteroatoms. The summed E-state index contributed by atoms with van der Waals surface area (Å²) < 4.78 is 14.5. The van der Waals surface area contributed by atoms with Crippen LogP contribution in [0.25, 0.3) is 254 Å². The molecule has 27 rings (SSSR count). The second-order valence-electron chi connectivity index (χ2n) is 34.8. The monoisotopic (exact) mass is 1680 g/mol. The van der Waals surface area contributed by atoms with Crippen molar-refractivity contribution in [1.29, 1.82) is 0 Å². The van der Waals surface area contributed by atoms with E-state index in [1.54, 1.807) is 0 Å². The molecule has 8 nitrogen and oxygen atoms in total. The lowest BCUT2D eigenvalue weighted by Gasteiger charge is -2.15. The molecular formula is C124H78N8. The fourth-order valence-electron chi connectivity index (χ4n) is 21.4. The standard InChI is InChI=1S/C124H78N8/c1-6-28-79(29-7-1)96-42-16-17-47-101(96)124-125-110(88-30-26-40-94(68-88)131-120-64-56-84(80-52-60-116-102(70-80)97-43-18-22-48-112(97)127(116)90-32-8-2-9-33-90)74-106(120)107-75-85(57-65-121(107)131)81-53-61-117-103(71-81)98-44-19-23-49-113(98)128(117)91-34-10-3-11-35-91)78-111(126-124)89-31-27-41-95(69-89)132-122-66-58-86(82-54-62-118-104(72-82)99-45-20-24-50-114(99)129(118)92-36-12-4-13-37-92)76-108(122)109-77-87(59-67-123(109)132)83-55-63-119-105(73-83)100-46-21-25-51-115(100)130(119)93-38-14-5-15-39-93/h1-78H. The van der Waals surface area contributed by atoms with Gasteiger partial charge >= 0.3 is 0 Å². The van der Waals surface area contributed by atoms with Gasteiger partial charge in [-0.1, -0.05) is 273 Å². The van der Waals surface area contributed by atoms with Gasteiger partial charge in [-0.2, -0.15) is 0 Å². The van der Waals surface area contributed by atoms with Gasteiger partial charge in [-0.25, -0.2) is 9.97 Å². The van der Waals surface area contributed by atoms with E-state index in [2.05, 4.69) is 501 Å². The predicted octanol–water partition coefficient (Wildman–Crippen LogP) is 32.4. The molecule has 614 valence electrons. The van der Waals surface area contributed by atoms with Gasteiger partial charge in [0.25, 0.3) is 0 Å². The maximum atomic E-state index is 5.72. The maximum absolute atomic E-state index is 5.72. The predicted molar refractivity (Wildman–Crippen MR) is 552 cm³/mol. The molecule has 0 radical (unpaired) electrons. The molecule has 0 saturated heterocycles. The van der Waals surface area contributed by atoms with Crippen molar-refractivity contribution < 1.29 is 0 Å². The quantitative estimate of drug-likeness (QED) is 0.109. The summed E-state index contributed by atoms with van der Waals surface area (Å²) in [4.78, 5) is 11.4. The summed E-state index contributed by atoms with van der Waals surface area (Å²) in [6.07, 6.45) is 0. The van der Waals surface area contributed by atoms with E-state index in [4.69, 9.17) is 9.97 Å². The molecule has 0 atom stereocenters. The molecule has 0 amide bonds. The van der Waals surface area contributed by atoms with Crippen molar-refractivity contribution in [2.45, 2.75) is 0 Å². The first-order chi connectivity index (χ1) is 65.4. The molecule has 20 aromatic carbocycles. The molecule has 0 saturated carbocycles. The van der Waals surface area contributed by atoms with Crippen LogP contribution in [0.5, 0.6) is 0 Å². The highest BCUT2D eigenvalue weighted by atomic mass is 15.0. The summed E-state index contributed by atoms with van der Waals surface area (Å²) >= 11 is 0. The zero-order chi connectivity index (χ0) is 86.6. The number of benzene rings is 20. The zero-order valence-corrected chi connectivity index (χ0v) is 71.6. The average molecular weight is 1680 g/mol. The van der Waals surface area contributed by atoms with Crippen molar-refractivity contribution in [3.05, 3.63) is 473 Å². The number of hydrogen-bond acceptors (Lipinski definition) is 2. The van der Waals surface area contributed by atoms with Crippen LogP contribution in [-0.2, 0) is 0 Å². The van der Waals surface area contributed by atoms with Crippen LogP contribution in [0.2, 0.25) is 0 Å². The summed E-state index contributed by atoms with van der Waals surface area (Å²) in [6, 6.07) is 174. The van der Waals surface area contributed by atoms with Gasteiger partial charge in [0, 0.05) is 115 Å². The largest absolute Gasteiger partial charge is 0.309 e. The van der Waals surface area contributed by atoms with Gasteiger partial charge in [-0.15, -0.1) is 0 Å². The Labute approximate surface area is 759 Å². The Bertz CT molecular complexity index is 8460. The van der Waals surface area contributed by atoms with Crippen LogP contribution < -0.4 is 0 Å². The molecule has 0 aliphatic carbocycles. The van der Waals surface area contributed by atoms with Gasteiger partial charge < -0.3 is 27.4 Å². The Hall–Kier alpha value is -17.7. The van der Waals surface area contributed by atoms with Crippen molar-refractivity contribution in [1.82, 2.24) is 37.4 Å². The van der Waals surface area contributed by atoms with Crippen LogP contribution in [0.3, 0.4) is 0 Å². The number of aromatic nitrogens is 8. The second kappa shape index (κ2) is 30.0. The van der Waals surface area contributed by atoms with Crippen molar-refractivity contribution in [3.63, 3.8) is 0 Å². The van der Waals surface area contributed by atoms with Crippen LogP contribution in [0.4, 0.5) is 0 Å². The summed E-state index contributed by atoms with van der Waals surface area (Å²) in [5.41, 5.74) is 36.1. The minimum absolute atomic E-state index is 0.628. The Balaban J connectivity index is 0.623. The average Bonchev–Trinajstić information content (AvgIpc) is 1.58. The van der Waals surface area contributed by atoms with E-state index in [0.29, 0.717) is 5.82 Å². The molecule has 0 spiro atoms. The topological polar surface area (TPSA) is 55.4 Å². The number of fused-ring (bicyclic) bond motifs is 18. The normalized spacial score (nSPS) is 11.9. The summed E-state index contributed by atoms with van der Waals surface area (Å²) in [7, 11) is 0. The smallest absolute Gasteiger partial charge is 0.161 e. The lowest BCUT2D eigenvalue weighted by Crippen LogP contribution is -1.99. The van der Waals surface area contributed by atoms with E-state index >= 15 is 0 Å². The van der Waals surface area contributed by atoms with Crippen molar-refractivity contribution in [2.75, 3.05) is 0 Å². The first kappa shape index (κ1) is 74.5. The van der Waals surface area contributed by atoms with E-state index in [9.17, 15) is 0 Å². The molecule has 0 aliphatic heterocycles. The lowest BCUT2D eigenvalue weighted by atomic mass is 9.98. The van der Waals surface area contributed by atoms with Crippen LogP contribution in [0.1, 0.15) is 0 Å². The van der Waals surface area contributed by atoms with Crippen molar-refractivity contribution in [3.8, 4) is 124 Å². The van der Waals surface area contributed by atoms with E-state index in [0.717, 1.165) is 161 Å². The third-order valence-corrected chi connectivity index (χ3v) is 27.4. The van der Waals surface area contributed by atoms with Gasteiger partial charge in [0.1, 0.15) is 0 Å². The highest BCUT2D eigenvalue weighted by Gasteiger charge is 2.25. The van der Waals surface area contributed by atoms with Gasteiger partial charge in [0.05, 0.1) is 77.6 Å². The SMILES string of the molecule is c1ccc(-c2ccccc2-c2nc(-c3cccc(-n4c5ccc(-c6ccc7c(c6)c6ccccc6n7-c6ccccc6)cc5c5cc(-c6ccc7c(c6)c6ccccc6n7-c6ccccc6)ccc54)c3)cc(-c3cccc(-n4c5ccc(-c6ccc7c(c6)c6ccccc6n7-c6ccccc6)cc5c5cc(-c6ccc7c(c6)c6ccccc6n7-c6ccccc6)ccc54)c3)n2)cc1. The molecule has 132 heavy (non-hydrogen) atoms. The number of para-hydroxylation sites is 8. The van der Waals surface area contributed by atoms with Crippen LogP contribution in [0, 0.1) is 0 Å². The van der Waals surface area contributed by atoms with Crippen molar-refractivity contribution >= 4 is 131 Å². The van der Waals surface area contributed by atoms with Crippen LogP contribution in [0.15, 0.2) is 473 Å². The van der Waals surface area contributed by atoms with E-state index < -0.39 is 0 Å². The van der Waals surface area contributed by atoms with Gasteiger partial charge in [-0.3, -0.25) is 0 Å². The highest BCUT2D eigenvalue weighted by molar-refractivity contribution is 6.18. The molecule has 0 N–H and O–H groups in total. The second-order valence-corrected chi connectivity index (χ2v) is 34.8. The van der Waals surface area contributed by atoms with Crippen molar-refractivity contribution in [2.24, 2.45) is 0 Å². The number of nitrogens with zero attached hydrogens (tertiary/aromatic N) is 8. The Kier molecular flexibility index (Phi) is 16.9. The minimum Gasteiger partial charge on any atom is -0.309 e. The fourth-order valence-corrected chi connectivity index (χ4v) is 21.4. The van der Waals surface area contributed by atoms with Gasteiger partial charge in [0.2, 0.25) is 0 Å². The molecule has 0 bridgehead atoms. The Morgan fingerprint density at radius 3 is 0.606 bits per heavy atom. The van der Waals surface area contributed by atoms with Gasteiger partial charge in [0.15, 0.2) is 5.82 Å². The summed E-state index contributed by atoms with van der Waals surface area (Å²) in [6.45, 7) is 0. The molecular weight excluding hydrogens is 1600 g/mol. The molecule has 0 aliphatic rings. The maximum Gasteiger partial charge on any atom is 0.161 e. The van der Waals surface area contributed by atoms with Gasteiger partial charge in [-0.05, 0) is 256 Å². The molecule has 0 fully saturated rings. The number of hydrogen-bond donors (Lipinski definition) is 0. The van der Waals surface area contributed by atoms with E-state index in [-0.39, 0.29) is 0 Å². The summed E-state index contributed by atoms with van der Waals surface area (Å²) in [5.74, 6) is 0.628. The van der Waals surface area contributed by atoms with E-state index in [1.807, 2.05) is 0 Å². The Morgan fingerprint density at radius 1 is 0.121 bits per heavy atom. The van der Waals surface area contributed by atoms with Crippen LogP contribution in [-0.4, -0.2) is 37.4 Å². The van der Waals surface area contributed by atoms with Crippen LogP contribution >= 0.6 is 0 Å². The molecule has 7 aromatic heterocycles.